The van der Waals surface area contributed by atoms with E-state index in [4.69, 9.17) is 0 Å². The van der Waals surface area contributed by atoms with Gasteiger partial charge in [0, 0.05) is 38.3 Å². The van der Waals surface area contributed by atoms with Gasteiger partial charge in [0.15, 0.2) is 0 Å². The molecule has 0 saturated carbocycles. The molecule has 1 saturated heterocycles. The maximum absolute atomic E-state index is 3.40. The summed E-state index contributed by atoms with van der Waals surface area (Å²) in [5.41, 5.74) is 0. The molecule has 0 aromatic rings. The van der Waals surface area contributed by atoms with E-state index in [0.717, 1.165) is 19.6 Å². The van der Waals surface area contributed by atoms with E-state index in [2.05, 4.69) is 29.4 Å². The minimum Gasteiger partial charge on any atom is -0.318 e. The van der Waals surface area contributed by atoms with Gasteiger partial charge in [-0.2, -0.15) is 0 Å². The van der Waals surface area contributed by atoms with Gasteiger partial charge >= 0.3 is 0 Å². The molecule has 1 heterocycles. The van der Waals surface area contributed by atoms with Crippen LogP contribution in [0.3, 0.4) is 0 Å². The molecule has 1 aliphatic rings. The molecule has 0 bridgehead atoms. The molecule has 2 N–H and O–H groups in total. The monoisotopic (exact) mass is 171 g/mol. The second-order valence-corrected chi connectivity index (χ2v) is 3.70. The molecule has 3 heteroatoms. The van der Waals surface area contributed by atoms with Crippen LogP contribution in [0.15, 0.2) is 0 Å². The summed E-state index contributed by atoms with van der Waals surface area (Å²) in [6, 6.07) is 1.34. The Morgan fingerprint density at radius 1 is 1.67 bits per heavy atom. The Morgan fingerprint density at radius 3 is 3.00 bits per heavy atom. The van der Waals surface area contributed by atoms with Crippen LogP contribution in [0.5, 0.6) is 0 Å². The number of piperazine rings is 1. The number of hydrogen-bond acceptors (Lipinski definition) is 3. The van der Waals surface area contributed by atoms with Crippen molar-refractivity contribution >= 4 is 0 Å². The first-order chi connectivity index (χ1) is 5.75. The summed E-state index contributed by atoms with van der Waals surface area (Å²) in [5.74, 6) is 0. The lowest BCUT2D eigenvalue weighted by molar-refractivity contribution is 0.125. The van der Waals surface area contributed by atoms with Gasteiger partial charge in [-0.1, -0.05) is 0 Å². The summed E-state index contributed by atoms with van der Waals surface area (Å²) in [6.45, 7) is 9.12. The van der Waals surface area contributed by atoms with Gasteiger partial charge in [-0.15, -0.1) is 0 Å². The zero-order valence-electron chi connectivity index (χ0n) is 8.43. The first kappa shape index (κ1) is 9.96. The lowest BCUT2D eigenvalue weighted by atomic mass is 10.1. The minimum absolute atomic E-state index is 0.659. The fourth-order valence-electron chi connectivity index (χ4n) is 1.92. The second-order valence-electron chi connectivity index (χ2n) is 3.70. The third-order valence-corrected chi connectivity index (χ3v) is 2.62. The van der Waals surface area contributed by atoms with E-state index >= 15 is 0 Å². The Balaban J connectivity index is 2.36. The van der Waals surface area contributed by atoms with Crippen LogP contribution < -0.4 is 10.6 Å². The molecule has 1 aliphatic heterocycles. The lowest BCUT2D eigenvalue weighted by Gasteiger charge is -2.38. The Kier molecular flexibility index (Phi) is 3.98. The molecule has 0 aromatic heterocycles. The van der Waals surface area contributed by atoms with E-state index in [0.29, 0.717) is 12.1 Å². The average molecular weight is 171 g/mol. The van der Waals surface area contributed by atoms with Crippen molar-refractivity contribution in [3.63, 3.8) is 0 Å². The first-order valence-corrected chi connectivity index (χ1v) is 4.86. The highest BCUT2D eigenvalue weighted by atomic mass is 15.2. The zero-order valence-corrected chi connectivity index (χ0v) is 8.43. The summed E-state index contributed by atoms with van der Waals surface area (Å²) in [4.78, 5) is 2.56. The lowest BCUT2D eigenvalue weighted by Crippen LogP contribution is -2.55. The molecule has 0 aromatic carbocycles. The van der Waals surface area contributed by atoms with Crippen LogP contribution in [-0.4, -0.2) is 50.2 Å². The molecule has 2 unspecified atom stereocenters. The summed E-state index contributed by atoms with van der Waals surface area (Å²) in [5, 5.41) is 6.62. The summed E-state index contributed by atoms with van der Waals surface area (Å²) in [6.07, 6.45) is 0. The molecule has 0 radical (unpaired) electrons. The van der Waals surface area contributed by atoms with Gasteiger partial charge in [0.2, 0.25) is 0 Å². The third-order valence-electron chi connectivity index (χ3n) is 2.62. The highest BCUT2D eigenvalue weighted by Crippen LogP contribution is 2.06. The van der Waals surface area contributed by atoms with Gasteiger partial charge in [0.1, 0.15) is 0 Å². The van der Waals surface area contributed by atoms with Crippen molar-refractivity contribution < 1.29 is 0 Å². The molecule has 12 heavy (non-hydrogen) atoms. The van der Waals surface area contributed by atoms with Gasteiger partial charge in [-0.3, -0.25) is 4.90 Å². The SMILES string of the molecule is CNCC(C)N1CCNCC1C. The van der Waals surface area contributed by atoms with Gasteiger partial charge in [-0.25, -0.2) is 0 Å². The first-order valence-electron chi connectivity index (χ1n) is 4.86. The van der Waals surface area contributed by atoms with Crippen molar-refractivity contribution in [2.45, 2.75) is 25.9 Å². The Labute approximate surface area is 75.5 Å². The number of nitrogens with zero attached hydrogens (tertiary/aromatic N) is 1. The molecular formula is C9H21N3. The predicted molar refractivity (Wildman–Crippen MR) is 52.4 cm³/mol. The summed E-state index contributed by atoms with van der Waals surface area (Å²) >= 11 is 0. The predicted octanol–water partition coefficient (Wildman–Crippen LogP) is -0.112. The quantitative estimate of drug-likeness (QED) is 0.620. The van der Waals surface area contributed by atoms with E-state index in [9.17, 15) is 0 Å². The van der Waals surface area contributed by atoms with Crippen LogP contribution >= 0.6 is 0 Å². The van der Waals surface area contributed by atoms with Crippen molar-refractivity contribution in [2.75, 3.05) is 33.2 Å². The van der Waals surface area contributed by atoms with E-state index in [1.165, 1.54) is 6.54 Å². The average Bonchev–Trinajstić information content (AvgIpc) is 2.05. The molecule has 3 nitrogen and oxygen atoms in total. The van der Waals surface area contributed by atoms with Gasteiger partial charge in [-0.05, 0) is 20.9 Å². The summed E-state index contributed by atoms with van der Waals surface area (Å²) < 4.78 is 0. The number of rotatable bonds is 3. The van der Waals surface area contributed by atoms with Crippen LogP contribution in [0.25, 0.3) is 0 Å². The fourth-order valence-corrected chi connectivity index (χ4v) is 1.92. The van der Waals surface area contributed by atoms with E-state index in [1.54, 1.807) is 0 Å². The molecule has 2 atom stereocenters. The highest BCUT2D eigenvalue weighted by molar-refractivity contribution is 4.80. The topological polar surface area (TPSA) is 27.3 Å². The largest absolute Gasteiger partial charge is 0.318 e. The minimum atomic E-state index is 0.659. The molecular weight excluding hydrogens is 150 g/mol. The normalized spacial score (nSPS) is 28.8. The zero-order chi connectivity index (χ0) is 8.97. The number of hydrogen-bond donors (Lipinski definition) is 2. The van der Waals surface area contributed by atoms with Crippen LogP contribution in [0.4, 0.5) is 0 Å². The van der Waals surface area contributed by atoms with Crippen LogP contribution in [-0.2, 0) is 0 Å². The van der Waals surface area contributed by atoms with E-state index in [-0.39, 0.29) is 0 Å². The Hall–Kier alpha value is -0.120. The summed E-state index contributed by atoms with van der Waals surface area (Å²) in [7, 11) is 2.02. The van der Waals surface area contributed by atoms with Crippen molar-refractivity contribution in [3.05, 3.63) is 0 Å². The van der Waals surface area contributed by atoms with Crippen LogP contribution in [0.1, 0.15) is 13.8 Å². The Morgan fingerprint density at radius 2 is 2.42 bits per heavy atom. The van der Waals surface area contributed by atoms with Gasteiger partial charge < -0.3 is 10.6 Å². The maximum atomic E-state index is 3.40. The standard InChI is InChI=1S/C9H21N3/c1-8(6-10-3)12-5-4-11-7-9(12)2/h8-11H,4-7H2,1-3H3. The van der Waals surface area contributed by atoms with Crippen molar-refractivity contribution in [1.29, 1.82) is 0 Å². The van der Waals surface area contributed by atoms with Crippen molar-refractivity contribution in [2.24, 2.45) is 0 Å². The second kappa shape index (κ2) is 4.80. The highest BCUT2D eigenvalue weighted by Gasteiger charge is 2.21. The fraction of sp³-hybridized carbons (Fsp3) is 1.00. The van der Waals surface area contributed by atoms with E-state index in [1.807, 2.05) is 7.05 Å². The van der Waals surface area contributed by atoms with E-state index < -0.39 is 0 Å². The molecule has 72 valence electrons. The molecule has 1 rings (SSSR count). The van der Waals surface area contributed by atoms with Crippen LogP contribution in [0, 0.1) is 0 Å². The van der Waals surface area contributed by atoms with Gasteiger partial charge in [0.25, 0.3) is 0 Å². The van der Waals surface area contributed by atoms with Crippen molar-refractivity contribution in [3.8, 4) is 0 Å². The van der Waals surface area contributed by atoms with Crippen LogP contribution in [0.2, 0.25) is 0 Å². The van der Waals surface area contributed by atoms with Gasteiger partial charge in [0.05, 0.1) is 0 Å². The molecule has 0 aliphatic carbocycles. The number of likely N-dealkylation sites (N-methyl/N-ethyl adjacent to an activating group) is 1. The smallest absolute Gasteiger partial charge is 0.0196 e. The number of nitrogens with one attached hydrogen (secondary N) is 2. The van der Waals surface area contributed by atoms with Crippen molar-refractivity contribution in [1.82, 2.24) is 15.5 Å². The molecule has 0 spiro atoms. The third kappa shape index (κ3) is 2.44. The molecule has 1 fully saturated rings. The molecule has 0 amide bonds. The maximum Gasteiger partial charge on any atom is 0.0196 e. The Bertz CT molecular complexity index is 127.